The summed E-state index contributed by atoms with van der Waals surface area (Å²) in [6.45, 7) is -0.901. The van der Waals surface area contributed by atoms with Crippen molar-refractivity contribution in [3.05, 3.63) is 36.3 Å². The highest BCUT2D eigenvalue weighted by atomic mass is 19.4. The van der Waals surface area contributed by atoms with E-state index in [2.05, 4.69) is 35.6 Å². The van der Waals surface area contributed by atoms with Crippen LogP contribution in [0.15, 0.2) is 29.6 Å². The molecule has 0 saturated heterocycles. The summed E-state index contributed by atoms with van der Waals surface area (Å²) >= 11 is 0. The summed E-state index contributed by atoms with van der Waals surface area (Å²) in [7, 11) is 0. The molecule has 27 heavy (non-hydrogen) atoms. The number of unbranched alkanes of at least 4 members (excludes halogenated alkanes) is 1. The molecule has 9 nitrogen and oxygen atoms in total. The zero-order chi connectivity index (χ0) is 19.7. The van der Waals surface area contributed by atoms with Gasteiger partial charge in [-0.3, -0.25) is 4.79 Å². The molecule has 0 atom stereocenters. The Kier molecular flexibility index (Phi) is 7.08. The molecule has 0 aliphatic carbocycles. The Morgan fingerprint density at radius 3 is 2.78 bits per heavy atom. The number of aliphatic imine (C=N–C) groups is 1. The van der Waals surface area contributed by atoms with Crippen LogP contribution in [-0.4, -0.2) is 51.1 Å². The third-order valence-corrected chi connectivity index (χ3v) is 3.22. The number of carbonyl (C=O) groups is 1. The van der Waals surface area contributed by atoms with E-state index in [1.807, 2.05) is 0 Å². The van der Waals surface area contributed by atoms with Crippen molar-refractivity contribution in [2.24, 2.45) is 10.7 Å². The number of nitrogens with zero attached hydrogens (tertiary/aromatic N) is 4. The monoisotopic (exact) mass is 384 g/mol. The smallest absolute Gasteiger partial charge is 0.370 e. The first-order valence-electron chi connectivity index (χ1n) is 8.07. The minimum Gasteiger partial charge on any atom is -0.370 e. The molecule has 0 aliphatic rings. The second-order valence-corrected chi connectivity index (χ2v) is 5.45. The second kappa shape index (κ2) is 9.50. The number of aromatic amines is 1. The Morgan fingerprint density at radius 1 is 1.26 bits per heavy atom. The Bertz CT molecular complexity index is 761. The van der Waals surface area contributed by atoms with Crippen molar-refractivity contribution in [1.29, 1.82) is 0 Å². The van der Waals surface area contributed by atoms with Crippen LogP contribution in [0.1, 0.15) is 29.3 Å². The van der Waals surface area contributed by atoms with Gasteiger partial charge in [0, 0.05) is 31.6 Å². The quantitative estimate of drug-likeness (QED) is 0.307. The molecule has 0 fully saturated rings. The molecule has 0 bridgehead atoms. The van der Waals surface area contributed by atoms with Crippen molar-refractivity contribution in [2.75, 3.05) is 18.4 Å². The fourth-order valence-electron chi connectivity index (χ4n) is 2.02. The number of rotatable bonds is 8. The minimum absolute atomic E-state index is 0.252. The van der Waals surface area contributed by atoms with Crippen molar-refractivity contribution in [2.45, 2.75) is 25.4 Å². The lowest BCUT2D eigenvalue weighted by atomic mass is 10.2. The predicted octanol–water partition coefficient (Wildman–Crippen LogP) is 1.24. The van der Waals surface area contributed by atoms with Crippen LogP contribution in [0.25, 0.3) is 0 Å². The van der Waals surface area contributed by atoms with Crippen molar-refractivity contribution in [3.8, 4) is 0 Å². The number of nitrogens with one attached hydrogen (secondary N) is 3. The van der Waals surface area contributed by atoms with Crippen molar-refractivity contribution in [3.63, 3.8) is 0 Å². The van der Waals surface area contributed by atoms with Gasteiger partial charge >= 0.3 is 6.18 Å². The Morgan fingerprint density at radius 2 is 2.07 bits per heavy atom. The molecular weight excluding hydrogens is 365 g/mol. The molecule has 1 amide bonds. The highest BCUT2D eigenvalue weighted by Gasteiger charge is 2.26. The van der Waals surface area contributed by atoms with Crippen molar-refractivity contribution >= 4 is 17.7 Å². The maximum atomic E-state index is 12.1. The van der Waals surface area contributed by atoms with Crippen LogP contribution in [-0.2, 0) is 6.42 Å². The number of halogens is 3. The number of amides is 1. The molecule has 0 aromatic carbocycles. The number of imidazole rings is 1. The summed E-state index contributed by atoms with van der Waals surface area (Å²) in [5.41, 5.74) is 5.40. The van der Waals surface area contributed by atoms with Crippen LogP contribution in [0, 0.1) is 0 Å². The van der Waals surface area contributed by atoms with Gasteiger partial charge in [-0.1, -0.05) is 0 Å². The Balaban J connectivity index is 1.73. The summed E-state index contributed by atoms with van der Waals surface area (Å²) in [5, 5.41) is 5.22. The molecule has 0 aliphatic heterocycles. The van der Waals surface area contributed by atoms with Crippen LogP contribution >= 0.6 is 0 Å². The van der Waals surface area contributed by atoms with Gasteiger partial charge < -0.3 is 21.4 Å². The zero-order valence-electron chi connectivity index (χ0n) is 14.3. The summed E-state index contributed by atoms with van der Waals surface area (Å²) in [6.07, 6.45) is 2.05. The molecule has 2 aromatic heterocycles. The molecule has 0 radical (unpaired) electrons. The van der Waals surface area contributed by atoms with Crippen LogP contribution in [0.4, 0.5) is 19.0 Å². The number of guanidine groups is 1. The van der Waals surface area contributed by atoms with Gasteiger partial charge in [0.15, 0.2) is 11.8 Å². The van der Waals surface area contributed by atoms with Crippen LogP contribution in [0.3, 0.4) is 0 Å². The van der Waals surface area contributed by atoms with Gasteiger partial charge in [-0.2, -0.15) is 13.2 Å². The number of alkyl halides is 3. The number of anilines is 1. The lowest BCUT2D eigenvalue weighted by molar-refractivity contribution is -0.118. The van der Waals surface area contributed by atoms with E-state index in [9.17, 15) is 18.0 Å². The first-order chi connectivity index (χ1) is 12.8. The molecule has 12 heteroatoms. The number of H-pyrrole nitrogens is 1. The van der Waals surface area contributed by atoms with Gasteiger partial charge in [0.05, 0.1) is 0 Å². The van der Waals surface area contributed by atoms with Crippen LogP contribution in [0.5, 0.6) is 0 Å². The third kappa shape index (κ3) is 7.71. The highest BCUT2D eigenvalue weighted by molar-refractivity contribution is 5.91. The average Bonchev–Trinajstić information content (AvgIpc) is 3.14. The lowest BCUT2D eigenvalue weighted by Gasteiger charge is -2.07. The largest absolute Gasteiger partial charge is 0.408 e. The molecule has 2 heterocycles. The highest BCUT2D eigenvalue weighted by Crippen LogP contribution is 2.14. The molecule has 0 saturated carbocycles. The van der Waals surface area contributed by atoms with E-state index in [-0.39, 0.29) is 23.5 Å². The molecule has 0 unspecified atom stereocenters. The number of aromatic nitrogens is 4. The van der Waals surface area contributed by atoms with Crippen LogP contribution in [0.2, 0.25) is 0 Å². The second-order valence-electron chi connectivity index (χ2n) is 5.45. The maximum Gasteiger partial charge on any atom is 0.408 e. The van der Waals surface area contributed by atoms with Gasteiger partial charge in [0.2, 0.25) is 0 Å². The number of nitrogens with two attached hydrogens (primary N) is 1. The van der Waals surface area contributed by atoms with E-state index < -0.39 is 12.7 Å². The molecule has 146 valence electrons. The normalized spacial score (nSPS) is 12.0. The first kappa shape index (κ1) is 20.1. The van der Waals surface area contributed by atoms with Gasteiger partial charge in [-0.25, -0.2) is 19.9 Å². The summed E-state index contributed by atoms with van der Waals surface area (Å²) in [4.78, 5) is 29.7. The van der Waals surface area contributed by atoms with Gasteiger partial charge in [0.25, 0.3) is 5.91 Å². The van der Waals surface area contributed by atoms with E-state index in [0.717, 1.165) is 0 Å². The van der Waals surface area contributed by atoms with Gasteiger partial charge in [-0.15, -0.1) is 0 Å². The number of hydrogen-bond acceptors (Lipinski definition) is 5. The van der Waals surface area contributed by atoms with Crippen molar-refractivity contribution in [1.82, 2.24) is 25.3 Å². The fraction of sp³-hybridized carbons (Fsp3) is 0.400. The summed E-state index contributed by atoms with van der Waals surface area (Å²) in [6, 6.07) is 1.48. The lowest BCUT2D eigenvalue weighted by Crippen LogP contribution is -2.26. The number of carbonyl (C=O) groups excluding carboxylic acids is 1. The molecule has 2 rings (SSSR count). The molecule has 5 N–H and O–H groups in total. The summed E-state index contributed by atoms with van der Waals surface area (Å²) < 4.78 is 36.3. The maximum absolute atomic E-state index is 12.1. The van der Waals surface area contributed by atoms with Gasteiger partial charge in [-0.05, 0) is 18.9 Å². The Labute approximate surface area is 152 Å². The first-order valence-corrected chi connectivity index (χ1v) is 8.07. The predicted molar refractivity (Wildman–Crippen MR) is 92.1 cm³/mol. The number of hydrogen-bond donors (Lipinski definition) is 4. The van der Waals surface area contributed by atoms with E-state index in [1.165, 1.54) is 18.5 Å². The van der Waals surface area contributed by atoms with E-state index in [0.29, 0.717) is 31.6 Å². The van der Waals surface area contributed by atoms with E-state index >= 15 is 0 Å². The van der Waals surface area contributed by atoms with Gasteiger partial charge in [0.1, 0.15) is 18.2 Å². The standard InChI is InChI=1S/C15H19F3N8O/c16-15(17,18)9-24-14(19)26-11-4-6-20-10(25-11)3-1-2-5-23-13(27)12-21-7-8-22-12/h4,6-8H,1-3,5,9H2,(H,21,22)(H,23,27)(H3,19,20,24,25,26). The van der Waals surface area contributed by atoms with E-state index in [4.69, 9.17) is 5.73 Å². The van der Waals surface area contributed by atoms with Crippen LogP contribution < -0.4 is 16.4 Å². The Hall–Kier alpha value is -3.18. The molecule has 2 aromatic rings. The third-order valence-electron chi connectivity index (χ3n) is 3.22. The average molecular weight is 384 g/mol. The van der Waals surface area contributed by atoms with E-state index in [1.54, 1.807) is 6.20 Å². The molecular formula is C15H19F3N8O. The SMILES string of the molecule is NC(=NCC(F)(F)F)Nc1ccnc(CCCCNC(=O)c2ncc[nH]2)n1. The fourth-order valence-corrected chi connectivity index (χ4v) is 2.02. The topological polar surface area (TPSA) is 134 Å². The zero-order valence-corrected chi connectivity index (χ0v) is 14.3. The number of aryl methyl sites for hydroxylation is 1. The minimum atomic E-state index is -4.42. The molecule has 0 spiro atoms. The summed E-state index contributed by atoms with van der Waals surface area (Å²) in [5.74, 6) is 0.353. The van der Waals surface area contributed by atoms with Crippen molar-refractivity contribution < 1.29 is 18.0 Å².